The van der Waals surface area contributed by atoms with Crippen molar-refractivity contribution in [3.8, 4) is 17.2 Å². The lowest BCUT2D eigenvalue weighted by Crippen LogP contribution is -2.16. The first-order chi connectivity index (χ1) is 12.0. The number of benzene rings is 2. The van der Waals surface area contributed by atoms with Crippen molar-refractivity contribution in [2.75, 3.05) is 13.7 Å². The summed E-state index contributed by atoms with van der Waals surface area (Å²) in [4.78, 5) is 11.8. The summed E-state index contributed by atoms with van der Waals surface area (Å²) in [5.41, 5.74) is 2.10. The van der Waals surface area contributed by atoms with Crippen molar-refractivity contribution in [3.05, 3.63) is 53.1 Å². The molecule has 0 spiro atoms. The molecule has 2 aromatic carbocycles. The molecule has 1 unspecified atom stereocenters. The summed E-state index contributed by atoms with van der Waals surface area (Å²) in [6, 6.07) is 10.5. The normalized spacial score (nSPS) is 11.8. The number of aryl methyl sites for hydroxylation is 1. The van der Waals surface area contributed by atoms with Gasteiger partial charge < -0.3 is 19.7 Å². The molecule has 2 N–H and O–H groups in total. The van der Waals surface area contributed by atoms with Crippen LogP contribution in [0.1, 0.15) is 36.0 Å². The second kappa shape index (κ2) is 8.42. The predicted molar refractivity (Wildman–Crippen MR) is 95.7 cm³/mol. The van der Waals surface area contributed by atoms with Gasteiger partial charge in [-0.05, 0) is 54.7 Å². The SMILES string of the molecule is CCCOc1ccc(C(Cc2cccc(OC)c2O)C(=O)O)c(C)c1. The molecule has 25 heavy (non-hydrogen) atoms. The summed E-state index contributed by atoms with van der Waals surface area (Å²) < 4.78 is 10.7. The number of hydrogen-bond acceptors (Lipinski definition) is 4. The monoisotopic (exact) mass is 344 g/mol. The van der Waals surface area contributed by atoms with E-state index in [1.54, 1.807) is 30.3 Å². The van der Waals surface area contributed by atoms with Gasteiger partial charge in [0.2, 0.25) is 0 Å². The van der Waals surface area contributed by atoms with Gasteiger partial charge in [-0.2, -0.15) is 0 Å². The molecular weight excluding hydrogens is 320 g/mol. The Morgan fingerprint density at radius 3 is 2.60 bits per heavy atom. The number of carbonyl (C=O) groups is 1. The zero-order chi connectivity index (χ0) is 18.4. The predicted octanol–water partition coefficient (Wildman–Crippen LogP) is 3.91. The molecule has 0 amide bonds. The maximum atomic E-state index is 11.8. The Labute approximate surface area is 147 Å². The second-order valence-corrected chi connectivity index (χ2v) is 5.93. The Bertz CT molecular complexity index is 739. The van der Waals surface area contributed by atoms with Crippen LogP contribution in [0.4, 0.5) is 0 Å². The van der Waals surface area contributed by atoms with E-state index in [4.69, 9.17) is 9.47 Å². The van der Waals surface area contributed by atoms with Crippen molar-refractivity contribution in [1.82, 2.24) is 0 Å². The van der Waals surface area contributed by atoms with Crippen LogP contribution >= 0.6 is 0 Å². The van der Waals surface area contributed by atoms with Crippen molar-refractivity contribution in [2.24, 2.45) is 0 Å². The van der Waals surface area contributed by atoms with E-state index in [0.717, 1.165) is 17.7 Å². The number of phenols is 1. The number of ether oxygens (including phenoxy) is 2. The van der Waals surface area contributed by atoms with Crippen LogP contribution in [-0.2, 0) is 11.2 Å². The van der Waals surface area contributed by atoms with E-state index in [0.29, 0.717) is 23.5 Å². The fourth-order valence-corrected chi connectivity index (χ4v) is 2.80. The Morgan fingerprint density at radius 1 is 1.24 bits per heavy atom. The number of para-hydroxylation sites is 1. The van der Waals surface area contributed by atoms with E-state index < -0.39 is 11.9 Å². The number of carboxylic acid groups (broad SMARTS) is 1. The molecule has 1 atom stereocenters. The van der Waals surface area contributed by atoms with Crippen molar-refractivity contribution in [1.29, 1.82) is 0 Å². The molecule has 0 aliphatic carbocycles. The van der Waals surface area contributed by atoms with E-state index in [-0.39, 0.29) is 12.2 Å². The molecule has 0 saturated heterocycles. The molecule has 0 aromatic heterocycles. The van der Waals surface area contributed by atoms with Crippen LogP contribution in [0, 0.1) is 6.92 Å². The van der Waals surface area contributed by atoms with Crippen LogP contribution < -0.4 is 9.47 Å². The highest BCUT2D eigenvalue weighted by molar-refractivity contribution is 5.77. The largest absolute Gasteiger partial charge is 0.504 e. The van der Waals surface area contributed by atoms with Gasteiger partial charge in [-0.3, -0.25) is 4.79 Å². The number of carboxylic acids is 1. The third-order valence-electron chi connectivity index (χ3n) is 4.11. The highest BCUT2D eigenvalue weighted by atomic mass is 16.5. The maximum absolute atomic E-state index is 11.8. The Kier molecular flexibility index (Phi) is 6.28. The van der Waals surface area contributed by atoms with Crippen LogP contribution in [0.2, 0.25) is 0 Å². The molecule has 134 valence electrons. The lowest BCUT2D eigenvalue weighted by atomic mass is 9.88. The molecule has 0 fully saturated rings. The summed E-state index contributed by atoms with van der Waals surface area (Å²) in [7, 11) is 1.46. The fraction of sp³-hybridized carbons (Fsp3) is 0.350. The molecule has 0 heterocycles. The fourth-order valence-electron chi connectivity index (χ4n) is 2.80. The first-order valence-electron chi connectivity index (χ1n) is 8.28. The average Bonchev–Trinajstić information content (AvgIpc) is 2.59. The molecule has 2 aromatic rings. The minimum Gasteiger partial charge on any atom is -0.504 e. The molecule has 5 nitrogen and oxygen atoms in total. The van der Waals surface area contributed by atoms with E-state index in [1.807, 2.05) is 19.9 Å². The molecule has 0 radical (unpaired) electrons. The van der Waals surface area contributed by atoms with Gasteiger partial charge in [-0.15, -0.1) is 0 Å². The summed E-state index contributed by atoms with van der Waals surface area (Å²) in [5.74, 6) is -0.652. The lowest BCUT2D eigenvalue weighted by Gasteiger charge is -2.18. The van der Waals surface area contributed by atoms with Crippen molar-refractivity contribution in [2.45, 2.75) is 32.6 Å². The molecule has 2 rings (SSSR count). The molecule has 0 bridgehead atoms. The smallest absolute Gasteiger partial charge is 0.311 e. The van der Waals surface area contributed by atoms with Gasteiger partial charge in [-0.25, -0.2) is 0 Å². The molecule has 0 saturated carbocycles. The van der Waals surface area contributed by atoms with E-state index in [9.17, 15) is 15.0 Å². The third kappa shape index (κ3) is 4.44. The van der Waals surface area contributed by atoms with E-state index in [2.05, 4.69) is 0 Å². The number of aromatic hydroxyl groups is 1. The first kappa shape index (κ1) is 18.6. The van der Waals surface area contributed by atoms with Gasteiger partial charge in [-0.1, -0.05) is 25.1 Å². The van der Waals surface area contributed by atoms with Gasteiger partial charge in [0, 0.05) is 0 Å². The van der Waals surface area contributed by atoms with Crippen molar-refractivity contribution in [3.63, 3.8) is 0 Å². The van der Waals surface area contributed by atoms with Gasteiger partial charge in [0.05, 0.1) is 19.6 Å². The van der Waals surface area contributed by atoms with Crippen LogP contribution in [0.5, 0.6) is 17.2 Å². The van der Waals surface area contributed by atoms with E-state index in [1.165, 1.54) is 7.11 Å². The minimum absolute atomic E-state index is 0.0168. The lowest BCUT2D eigenvalue weighted by molar-refractivity contribution is -0.138. The highest BCUT2D eigenvalue weighted by Crippen LogP contribution is 2.34. The Morgan fingerprint density at radius 2 is 2.00 bits per heavy atom. The second-order valence-electron chi connectivity index (χ2n) is 5.93. The minimum atomic E-state index is -0.937. The van der Waals surface area contributed by atoms with Crippen LogP contribution in [0.15, 0.2) is 36.4 Å². The Hall–Kier alpha value is -2.69. The molecule has 5 heteroatoms. The van der Waals surface area contributed by atoms with Crippen molar-refractivity contribution >= 4 is 5.97 Å². The Balaban J connectivity index is 2.31. The zero-order valence-corrected chi connectivity index (χ0v) is 14.8. The average molecular weight is 344 g/mol. The standard InChI is InChI=1S/C20H24O5/c1-4-10-25-15-8-9-16(13(2)11-15)17(20(22)23)12-14-6-5-7-18(24-3)19(14)21/h5-9,11,17,21H,4,10,12H2,1-3H3,(H,22,23). The number of methoxy groups -OCH3 is 1. The van der Waals surface area contributed by atoms with Gasteiger partial charge in [0.25, 0.3) is 0 Å². The van der Waals surface area contributed by atoms with Gasteiger partial charge in [0.1, 0.15) is 5.75 Å². The number of phenolic OH excluding ortho intramolecular Hbond substituents is 1. The van der Waals surface area contributed by atoms with Gasteiger partial charge >= 0.3 is 5.97 Å². The third-order valence-corrected chi connectivity index (χ3v) is 4.11. The number of aliphatic carboxylic acids is 1. The maximum Gasteiger partial charge on any atom is 0.311 e. The molecule has 0 aliphatic rings. The van der Waals surface area contributed by atoms with Crippen LogP contribution in [0.3, 0.4) is 0 Å². The summed E-state index contributed by atoms with van der Waals surface area (Å²) in [6.07, 6.45) is 1.09. The number of hydrogen-bond donors (Lipinski definition) is 2. The summed E-state index contributed by atoms with van der Waals surface area (Å²) in [6.45, 7) is 4.52. The van der Waals surface area contributed by atoms with Crippen LogP contribution in [-0.4, -0.2) is 29.9 Å². The zero-order valence-electron chi connectivity index (χ0n) is 14.8. The quantitative estimate of drug-likeness (QED) is 0.759. The highest BCUT2D eigenvalue weighted by Gasteiger charge is 2.24. The van der Waals surface area contributed by atoms with Gasteiger partial charge in [0.15, 0.2) is 11.5 Å². The van der Waals surface area contributed by atoms with E-state index >= 15 is 0 Å². The summed E-state index contributed by atoms with van der Waals surface area (Å²) in [5, 5.41) is 19.9. The summed E-state index contributed by atoms with van der Waals surface area (Å²) >= 11 is 0. The van der Waals surface area contributed by atoms with Crippen molar-refractivity contribution < 1.29 is 24.5 Å². The molecular formula is C20H24O5. The topological polar surface area (TPSA) is 76.0 Å². The first-order valence-corrected chi connectivity index (χ1v) is 8.28. The number of rotatable bonds is 8. The van der Waals surface area contributed by atoms with Crippen LogP contribution in [0.25, 0.3) is 0 Å². The molecule has 0 aliphatic heterocycles.